The molecule has 6 aromatic carbocycles. The predicted molar refractivity (Wildman–Crippen MR) is 299 cm³/mol. The Hall–Kier alpha value is -6.75. The molecule has 5 aliphatic heterocycles. The normalized spacial score (nSPS) is 29.4. The van der Waals surface area contributed by atoms with E-state index in [9.17, 15) is 14.4 Å². The van der Waals surface area contributed by atoms with E-state index in [0.29, 0.717) is 6.61 Å². The maximum absolute atomic E-state index is 14.5. The molecule has 0 aromatic heterocycles. The van der Waals surface area contributed by atoms with E-state index in [2.05, 4.69) is 0 Å². The summed E-state index contributed by atoms with van der Waals surface area (Å²) in [5.41, 5.74) is 3.38. The topological polar surface area (TPSA) is 190 Å². The highest BCUT2D eigenvalue weighted by molar-refractivity contribution is 5.91. The lowest BCUT2D eigenvalue weighted by Crippen LogP contribution is -2.64. The van der Waals surface area contributed by atoms with Crippen LogP contribution in [0.25, 0.3) is 0 Å². The molecule has 0 aliphatic carbocycles. The molecule has 5 heterocycles. The molecule has 84 heavy (non-hydrogen) atoms. The van der Waals surface area contributed by atoms with E-state index in [-0.39, 0.29) is 56.1 Å². The Labute approximate surface area is 488 Å². The molecule has 442 valence electrons. The highest BCUT2D eigenvalue weighted by Gasteiger charge is 2.61. The van der Waals surface area contributed by atoms with Gasteiger partial charge in [0.25, 0.3) is 0 Å². The Morgan fingerprint density at radius 3 is 1.40 bits per heavy atom. The molecular weight excluding hydrogens is 1080 g/mol. The van der Waals surface area contributed by atoms with Gasteiger partial charge in [-0.1, -0.05) is 146 Å². The molecule has 14 atom stereocenters. The van der Waals surface area contributed by atoms with Crippen molar-refractivity contribution in [3.63, 3.8) is 0 Å². The lowest BCUT2D eigenvalue weighted by Gasteiger charge is -2.46. The highest BCUT2D eigenvalue weighted by Crippen LogP contribution is 2.45. The SMILES string of the molecule is CC1(C)OC2C3OC(C)(C)O[C@H]3C(CO[C@@H]3OC(CO[C@@H]4C[C@@H](OCc5ccccc5)[C@@H](OCc5ccccc5)C(COCc5ccccc5)O4)[C@@H](OC(=O)c4ccccc4)C(OC(=O)c4ccccc4)C3OC(=O)c3ccccc3)O[C@@H]2O1. The second-order valence-corrected chi connectivity index (χ2v) is 22.1. The first-order valence-corrected chi connectivity index (χ1v) is 28.4. The summed E-state index contributed by atoms with van der Waals surface area (Å²) in [5, 5.41) is 0. The number of hydrogen-bond acceptors (Lipinski definition) is 18. The van der Waals surface area contributed by atoms with Gasteiger partial charge in [0.1, 0.15) is 42.7 Å². The van der Waals surface area contributed by atoms with Gasteiger partial charge in [0.15, 0.2) is 48.8 Å². The third-order valence-corrected chi connectivity index (χ3v) is 14.9. The first kappa shape index (κ1) is 59.0. The van der Waals surface area contributed by atoms with Crippen LogP contribution in [0.2, 0.25) is 0 Å². The Balaban J connectivity index is 0.935. The molecule has 6 aromatic rings. The monoisotopic (exact) mass is 1150 g/mol. The fraction of sp³-hybridized carbons (Fsp3) is 0.409. The molecule has 5 fully saturated rings. The smallest absolute Gasteiger partial charge is 0.338 e. The number of carbonyl (C=O) groups excluding carboxylic acids is 3. The van der Waals surface area contributed by atoms with Crippen LogP contribution in [0.15, 0.2) is 182 Å². The van der Waals surface area contributed by atoms with E-state index >= 15 is 0 Å². The van der Waals surface area contributed by atoms with Gasteiger partial charge < -0.3 is 71.1 Å². The van der Waals surface area contributed by atoms with Crippen molar-refractivity contribution in [2.24, 2.45) is 0 Å². The predicted octanol–water partition coefficient (Wildman–Crippen LogP) is 9.32. The molecule has 11 rings (SSSR count). The molecule has 0 saturated carbocycles. The van der Waals surface area contributed by atoms with E-state index in [4.69, 9.17) is 71.1 Å². The van der Waals surface area contributed by atoms with Gasteiger partial charge in [0.2, 0.25) is 0 Å². The van der Waals surface area contributed by atoms with E-state index in [1.807, 2.05) is 91.0 Å². The number of benzene rings is 6. The molecule has 5 saturated heterocycles. The summed E-state index contributed by atoms with van der Waals surface area (Å²) >= 11 is 0. The molecule has 0 bridgehead atoms. The first-order valence-electron chi connectivity index (χ1n) is 28.4. The number of carbonyl (C=O) groups is 3. The van der Waals surface area contributed by atoms with Gasteiger partial charge in [0.05, 0.1) is 62.4 Å². The minimum atomic E-state index is -1.61. The van der Waals surface area contributed by atoms with Crippen LogP contribution >= 0.6 is 0 Å². The average molecular weight is 1150 g/mol. The summed E-state index contributed by atoms with van der Waals surface area (Å²) in [5.74, 6) is -4.47. The van der Waals surface area contributed by atoms with Gasteiger partial charge in [-0.05, 0) is 80.8 Å². The number of fused-ring (bicyclic) bond motifs is 3. The third-order valence-electron chi connectivity index (χ3n) is 14.9. The van der Waals surface area contributed by atoms with Crippen LogP contribution in [-0.2, 0) is 90.9 Å². The second-order valence-electron chi connectivity index (χ2n) is 22.1. The minimum Gasteiger partial charge on any atom is -0.452 e. The van der Waals surface area contributed by atoms with Crippen LogP contribution in [0, 0.1) is 0 Å². The van der Waals surface area contributed by atoms with Crippen molar-refractivity contribution >= 4 is 17.9 Å². The van der Waals surface area contributed by atoms with Gasteiger partial charge in [-0.25, -0.2) is 14.4 Å². The van der Waals surface area contributed by atoms with Gasteiger partial charge in [-0.2, -0.15) is 0 Å². The summed E-state index contributed by atoms with van der Waals surface area (Å²) in [4.78, 5) is 43.4. The molecule has 0 spiro atoms. The zero-order valence-electron chi connectivity index (χ0n) is 47.2. The van der Waals surface area contributed by atoms with Crippen LogP contribution < -0.4 is 0 Å². The molecular formula is C66H70O18. The molecule has 18 nitrogen and oxygen atoms in total. The van der Waals surface area contributed by atoms with Crippen molar-refractivity contribution in [1.82, 2.24) is 0 Å². The van der Waals surface area contributed by atoms with Crippen LogP contribution in [0.5, 0.6) is 0 Å². The Morgan fingerprint density at radius 1 is 0.405 bits per heavy atom. The molecule has 0 amide bonds. The molecule has 7 unspecified atom stereocenters. The summed E-state index contributed by atoms with van der Waals surface area (Å²) in [6, 6.07) is 54.3. The number of rotatable bonds is 22. The van der Waals surface area contributed by atoms with Gasteiger partial charge in [-0.15, -0.1) is 0 Å². The van der Waals surface area contributed by atoms with Gasteiger partial charge in [-0.3, -0.25) is 0 Å². The fourth-order valence-corrected chi connectivity index (χ4v) is 11.0. The van der Waals surface area contributed by atoms with E-state index in [1.54, 1.807) is 119 Å². The van der Waals surface area contributed by atoms with Crippen LogP contribution in [0.3, 0.4) is 0 Å². The lowest BCUT2D eigenvalue weighted by atomic mass is 9.97. The largest absolute Gasteiger partial charge is 0.452 e. The lowest BCUT2D eigenvalue weighted by molar-refractivity contribution is -0.326. The second kappa shape index (κ2) is 27.1. The summed E-state index contributed by atoms with van der Waals surface area (Å²) in [6.07, 6.45) is -14.2. The van der Waals surface area contributed by atoms with E-state index in [0.717, 1.165) is 16.7 Å². The third kappa shape index (κ3) is 14.8. The zero-order chi connectivity index (χ0) is 58.0. The average Bonchev–Trinajstić information content (AvgIpc) is 1.98. The quantitative estimate of drug-likeness (QED) is 0.0461. The maximum atomic E-state index is 14.5. The number of esters is 3. The summed E-state index contributed by atoms with van der Waals surface area (Å²) < 4.78 is 98.4. The molecule has 0 radical (unpaired) electrons. The number of ether oxygens (including phenoxy) is 15. The van der Waals surface area contributed by atoms with Crippen LogP contribution in [0.1, 0.15) is 81.9 Å². The van der Waals surface area contributed by atoms with Crippen molar-refractivity contribution in [2.75, 3.05) is 19.8 Å². The minimum absolute atomic E-state index is 0.0891. The van der Waals surface area contributed by atoms with Gasteiger partial charge >= 0.3 is 17.9 Å². The van der Waals surface area contributed by atoms with Crippen molar-refractivity contribution in [3.05, 3.63) is 215 Å². The summed E-state index contributed by atoms with van der Waals surface area (Å²) in [6.45, 7) is 7.42. The molecule has 18 heteroatoms. The zero-order valence-corrected chi connectivity index (χ0v) is 47.2. The van der Waals surface area contributed by atoms with Crippen LogP contribution in [-0.4, -0.2) is 135 Å². The van der Waals surface area contributed by atoms with Crippen molar-refractivity contribution < 1.29 is 85.4 Å². The maximum Gasteiger partial charge on any atom is 0.338 e. The van der Waals surface area contributed by atoms with Crippen molar-refractivity contribution in [1.29, 1.82) is 0 Å². The Bertz CT molecular complexity index is 3050. The highest BCUT2D eigenvalue weighted by atomic mass is 16.9. The van der Waals surface area contributed by atoms with Crippen LogP contribution in [0.4, 0.5) is 0 Å². The van der Waals surface area contributed by atoms with Gasteiger partial charge in [0, 0.05) is 6.42 Å². The fourth-order valence-electron chi connectivity index (χ4n) is 11.0. The van der Waals surface area contributed by atoms with Crippen molar-refractivity contribution in [2.45, 2.75) is 152 Å². The molecule has 0 N–H and O–H groups in total. The van der Waals surface area contributed by atoms with E-state index < -0.39 is 115 Å². The Kier molecular flexibility index (Phi) is 19.0. The number of hydrogen-bond donors (Lipinski definition) is 0. The first-order chi connectivity index (χ1) is 40.8. The standard InChI is InChI=1S/C66H70O18/c1-65(2)81-55-51(77-64-59(57(55)82-65)83-66(3,4)84-64)41-74-63-58(80-62(69)47-33-21-10-22-34-47)56(79-61(68)46-31-19-9-20-32-46)54(78-60(67)45-29-17-8-18-30-45)50(76-63)40-72-52-35-48(71-37-43-25-13-6-14-26-43)53(73-38-44-27-15-7-16-28-44)49(75-52)39-70-36-42-23-11-5-12-24-42/h5-34,48-59,63-64H,35-41H2,1-4H3/t48-,49?,50?,51?,52+,53-,54-,55+,56?,57?,58?,59?,63-,64-/m1/s1. The molecule has 5 aliphatic rings. The van der Waals surface area contributed by atoms with E-state index in [1.165, 1.54) is 0 Å². The van der Waals surface area contributed by atoms with Crippen molar-refractivity contribution in [3.8, 4) is 0 Å². The Morgan fingerprint density at radius 2 is 0.845 bits per heavy atom. The summed E-state index contributed by atoms with van der Waals surface area (Å²) in [7, 11) is 0.